The van der Waals surface area contributed by atoms with Crippen LogP contribution < -0.4 is 14.2 Å². The minimum absolute atomic E-state index is 0.0112. The van der Waals surface area contributed by atoms with Crippen LogP contribution in [0.2, 0.25) is 0 Å². The van der Waals surface area contributed by atoms with Crippen LogP contribution in [0.3, 0.4) is 0 Å². The van der Waals surface area contributed by atoms with Crippen molar-refractivity contribution < 1.29 is 33.3 Å². The van der Waals surface area contributed by atoms with Gasteiger partial charge in [-0.3, -0.25) is 9.59 Å². The van der Waals surface area contributed by atoms with Crippen molar-refractivity contribution in [1.29, 1.82) is 0 Å². The second-order valence-electron chi connectivity index (χ2n) is 9.93. The van der Waals surface area contributed by atoms with Crippen LogP contribution in [0.5, 0.6) is 17.2 Å². The van der Waals surface area contributed by atoms with Crippen molar-refractivity contribution in [2.45, 2.75) is 58.2 Å². The molecule has 3 aromatic rings. The van der Waals surface area contributed by atoms with Crippen LogP contribution in [0.25, 0.3) is 5.76 Å². The third-order valence-electron chi connectivity index (χ3n) is 7.12. The molecule has 0 spiro atoms. The first-order valence-electron chi connectivity index (χ1n) is 13.3. The number of Topliss-reactive ketones (excluding diaryl/α,β-unsaturated/α-hetero) is 1. The Bertz CT molecular complexity index is 1390. The van der Waals surface area contributed by atoms with Crippen molar-refractivity contribution in [2.24, 2.45) is 0 Å². The third kappa shape index (κ3) is 5.24. The second-order valence-corrected chi connectivity index (χ2v) is 9.93. The number of rotatable bonds is 10. The summed E-state index contributed by atoms with van der Waals surface area (Å²) in [5.41, 5.74) is 2.02. The van der Waals surface area contributed by atoms with E-state index in [9.17, 15) is 14.7 Å². The Morgan fingerprint density at radius 1 is 1.10 bits per heavy atom. The van der Waals surface area contributed by atoms with E-state index in [1.165, 1.54) is 11.2 Å². The molecule has 1 aromatic heterocycles. The molecule has 1 saturated heterocycles. The normalized spacial score (nSPS) is 19.7. The number of furan rings is 1. The monoisotopic (exact) mass is 531 g/mol. The minimum atomic E-state index is -0.860. The number of likely N-dealkylation sites (tertiary alicyclic amines) is 1. The van der Waals surface area contributed by atoms with E-state index in [4.69, 9.17) is 18.6 Å². The van der Waals surface area contributed by atoms with Gasteiger partial charge in [0.1, 0.15) is 23.4 Å². The number of amides is 1. The number of carbonyl (C=O) groups excluding carboxylic acids is 2. The zero-order chi connectivity index (χ0) is 27.5. The number of ketones is 1. The van der Waals surface area contributed by atoms with Gasteiger partial charge in [0.25, 0.3) is 11.7 Å². The lowest BCUT2D eigenvalue weighted by Crippen LogP contribution is -2.29. The molecule has 204 valence electrons. The summed E-state index contributed by atoms with van der Waals surface area (Å²) in [4.78, 5) is 28.2. The summed E-state index contributed by atoms with van der Waals surface area (Å²) in [5.74, 6) is 0.635. The van der Waals surface area contributed by atoms with Gasteiger partial charge in [-0.05, 0) is 66.9 Å². The van der Waals surface area contributed by atoms with Crippen molar-refractivity contribution >= 4 is 17.4 Å². The largest absolute Gasteiger partial charge is 0.507 e. The topological polar surface area (TPSA) is 98.4 Å². The van der Waals surface area contributed by atoms with Crippen LogP contribution in [-0.2, 0) is 22.6 Å². The number of ether oxygens (including phenoxy) is 3. The number of nitrogens with zero attached hydrogens (tertiary/aromatic N) is 1. The number of hydrogen-bond acceptors (Lipinski definition) is 7. The molecule has 5 rings (SSSR count). The van der Waals surface area contributed by atoms with Gasteiger partial charge >= 0.3 is 0 Å². The molecular formula is C31H33NO7. The average Bonchev–Trinajstić information content (AvgIpc) is 3.65. The predicted molar refractivity (Wildman–Crippen MR) is 145 cm³/mol. The maximum absolute atomic E-state index is 13.4. The number of carbonyl (C=O) groups is 2. The summed E-state index contributed by atoms with van der Waals surface area (Å²) in [6.45, 7) is 4.73. The van der Waals surface area contributed by atoms with E-state index in [0.717, 1.165) is 30.6 Å². The Morgan fingerprint density at radius 2 is 1.95 bits per heavy atom. The van der Waals surface area contributed by atoms with Gasteiger partial charge in [-0.15, -0.1) is 0 Å². The number of aliphatic hydroxyl groups excluding tert-OH is 1. The van der Waals surface area contributed by atoms with E-state index < -0.39 is 17.7 Å². The first kappa shape index (κ1) is 26.4. The van der Waals surface area contributed by atoms with Gasteiger partial charge in [0.05, 0.1) is 38.1 Å². The summed E-state index contributed by atoms with van der Waals surface area (Å²) in [6.07, 6.45) is 5.33. The molecule has 1 fully saturated rings. The smallest absolute Gasteiger partial charge is 0.296 e. The molecule has 0 aliphatic carbocycles. The lowest BCUT2D eigenvalue weighted by Gasteiger charge is -2.25. The summed E-state index contributed by atoms with van der Waals surface area (Å²) in [7, 11) is 1.55. The van der Waals surface area contributed by atoms with E-state index in [0.29, 0.717) is 41.4 Å². The summed E-state index contributed by atoms with van der Waals surface area (Å²) >= 11 is 0. The maximum atomic E-state index is 13.4. The van der Waals surface area contributed by atoms with Crippen LogP contribution in [-0.4, -0.2) is 41.5 Å². The van der Waals surface area contributed by atoms with E-state index in [2.05, 4.69) is 6.92 Å². The lowest BCUT2D eigenvalue weighted by atomic mass is 9.94. The van der Waals surface area contributed by atoms with E-state index in [1.807, 2.05) is 13.0 Å². The highest BCUT2D eigenvalue weighted by Gasteiger charge is 2.46. The van der Waals surface area contributed by atoms with Gasteiger partial charge in [0.2, 0.25) is 0 Å². The zero-order valence-corrected chi connectivity index (χ0v) is 22.4. The average molecular weight is 532 g/mol. The Hall–Kier alpha value is -4.20. The fourth-order valence-electron chi connectivity index (χ4n) is 5.19. The molecule has 2 aliphatic heterocycles. The number of fused-ring (bicyclic) bond motifs is 1. The predicted octanol–water partition coefficient (Wildman–Crippen LogP) is 5.80. The van der Waals surface area contributed by atoms with Crippen LogP contribution in [0, 0.1) is 0 Å². The molecule has 1 amide bonds. The molecular weight excluding hydrogens is 498 g/mol. The van der Waals surface area contributed by atoms with Crippen LogP contribution in [0.15, 0.2) is 64.8 Å². The highest BCUT2D eigenvalue weighted by atomic mass is 16.5. The molecule has 0 saturated carbocycles. The first-order chi connectivity index (χ1) is 18.9. The number of aliphatic hydroxyl groups is 1. The number of methoxy groups -OCH3 is 1. The van der Waals surface area contributed by atoms with E-state index in [-0.39, 0.29) is 24.0 Å². The van der Waals surface area contributed by atoms with Crippen molar-refractivity contribution in [2.75, 3.05) is 13.7 Å². The molecule has 2 atom stereocenters. The quantitative estimate of drug-likeness (QED) is 0.153. The number of benzene rings is 2. The number of hydrogen-bond donors (Lipinski definition) is 1. The summed E-state index contributed by atoms with van der Waals surface area (Å²) in [5, 5.41) is 11.5. The summed E-state index contributed by atoms with van der Waals surface area (Å²) in [6, 6.07) is 13.3. The molecule has 39 heavy (non-hydrogen) atoms. The molecule has 3 heterocycles. The molecule has 0 radical (unpaired) electrons. The zero-order valence-electron chi connectivity index (χ0n) is 22.4. The highest BCUT2D eigenvalue weighted by Crippen LogP contribution is 2.43. The number of unbranched alkanes of at least 4 members (excludes halogenated alkanes) is 2. The fourth-order valence-corrected chi connectivity index (χ4v) is 5.19. The Kier molecular flexibility index (Phi) is 7.63. The molecule has 8 nitrogen and oxygen atoms in total. The highest BCUT2D eigenvalue weighted by molar-refractivity contribution is 6.46. The van der Waals surface area contributed by atoms with E-state index >= 15 is 0 Å². The van der Waals surface area contributed by atoms with Crippen molar-refractivity contribution in [1.82, 2.24) is 4.90 Å². The molecule has 2 unspecified atom stereocenters. The molecule has 0 bridgehead atoms. The Labute approximate surface area is 227 Å². The van der Waals surface area contributed by atoms with E-state index in [1.54, 1.807) is 49.6 Å². The molecule has 2 aliphatic rings. The van der Waals surface area contributed by atoms with Crippen LogP contribution in [0.1, 0.15) is 61.6 Å². The van der Waals surface area contributed by atoms with Crippen molar-refractivity contribution in [3.8, 4) is 17.2 Å². The Morgan fingerprint density at radius 3 is 2.69 bits per heavy atom. The SMILES string of the molecule is CCCCCOc1ccc(C2C(=C(O)c3ccc4c(c3)CC(C)O4)C(=O)C(=O)N2Cc2ccco2)cc1OC. The van der Waals surface area contributed by atoms with Crippen molar-refractivity contribution in [3.63, 3.8) is 0 Å². The van der Waals surface area contributed by atoms with Gasteiger partial charge in [0.15, 0.2) is 11.5 Å². The van der Waals surface area contributed by atoms with Crippen molar-refractivity contribution in [3.05, 3.63) is 82.8 Å². The fraction of sp³-hybridized carbons (Fsp3) is 0.355. The van der Waals surface area contributed by atoms with Gasteiger partial charge in [-0.25, -0.2) is 0 Å². The second kappa shape index (κ2) is 11.3. The standard InChI is InChI=1S/C31H33NO7/c1-4-5-6-13-38-25-12-9-20(17-26(25)36-3)28-27(30(34)31(35)32(28)18-23-8-7-14-37-23)29(33)21-10-11-24-22(16-21)15-19(2)39-24/h7-12,14,16-17,19,28,33H,4-6,13,15,18H2,1-3H3. The van der Waals surface area contributed by atoms with Crippen LogP contribution in [0.4, 0.5) is 0 Å². The van der Waals surface area contributed by atoms with Crippen LogP contribution >= 0.6 is 0 Å². The van der Waals surface area contributed by atoms with Gasteiger partial charge in [-0.1, -0.05) is 25.8 Å². The summed E-state index contributed by atoms with van der Waals surface area (Å²) < 4.78 is 22.8. The van der Waals surface area contributed by atoms with Gasteiger partial charge in [-0.2, -0.15) is 0 Å². The first-order valence-corrected chi connectivity index (χ1v) is 13.3. The molecule has 2 aromatic carbocycles. The Balaban J connectivity index is 1.57. The van der Waals surface area contributed by atoms with Gasteiger partial charge in [0, 0.05) is 12.0 Å². The maximum Gasteiger partial charge on any atom is 0.296 e. The third-order valence-corrected chi connectivity index (χ3v) is 7.12. The molecule has 8 heteroatoms. The minimum Gasteiger partial charge on any atom is -0.507 e. The van der Waals surface area contributed by atoms with Gasteiger partial charge < -0.3 is 28.6 Å². The lowest BCUT2D eigenvalue weighted by molar-refractivity contribution is -0.140. The molecule has 1 N–H and O–H groups in total.